The van der Waals surface area contributed by atoms with Crippen molar-refractivity contribution in [2.24, 2.45) is 0 Å². The summed E-state index contributed by atoms with van der Waals surface area (Å²) >= 11 is 0. The molecule has 9 nitrogen and oxygen atoms in total. The number of fused-ring (bicyclic) bond motifs is 1. The first-order valence-corrected chi connectivity index (χ1v) is 9.69. The van der Waals surface area contributed by atoms with Crippen LogP contribution in [-0.2, 0) is 13.2 Å². The Morgan fingerprint density at radius 2 is 2.00 bits per heavy atom. The number of furan rings is 1. The van der Waals surface area contributed by atoms with E-state index in [4.69, 9.17) is 18.6 Å². The number of carbonyl (C=O) groups excluding carboxylic acids is 1. The summed E-state index contributed by atoms with van der Waals surface area (Å²) in [6.45, 7) is 0.506. The van der Waals surface area contributed by atoms with Crippen molar-refractivity contribution in [1.29, 1.82) is 0 Å². The smallest absolute Gasteiger partial charge is 0.293 e. The number of hydrogen-bond acceptors (Lipinski definition) is 7. The number of carbonyl (C=O) groups is 1. The summed E-state index contributed by atoms with van der Waals surface area (Å²) in [6, 6.07) is 14.8. The van der Waals surface area contributed by atoms with Crippen LogP contribution >= 0.6 is 0 Å². The molecule has 1 aliphatic rings. The molecule has 4 aromatic rings. The molecule has 32 heavy (non-hydrogen) atoms. The predicted molar refractivity (Wildman–Crippen MR) is 109 cm³/mol. The summed E-state index contributed by atoms with van der Waals surface area (Å²) in [5.41, 5.74) is 0.466. The number of aromatic nitrogens is 3. The Morgan fingerprint density at radius 1 is 1.12 bits per heavy atom. The van der Waals surface area contributed by atoms with Crippen LogP contribution in [0.5, 0.6) is 17.2 Å². The molecule has 0 aliphatic carbocycles. The van der Waals surface area contributed by atoms with E-state index in [0.717, 1.165) is 0 Å². The third-order valence-corrected chi connectivity index (χ3v) is 4.66. The summed E-state index contributed by atoms with van der Waals surface area (Å²) in [5, 5.41) is 6.70. The van der Waals surface area contributed by atoms with Crippen molar-refractivity contribution in [3.63, 3.8) is 0 Å². The zero-order valence-corrected chi connectivity index (χ0v) is 16.7. The SMILES string of the molecule is O=C(Nc1ncn(Cc2ccccc2F)n1)c1ccc(COc2ccc3c(c2)OCO3)o1. The molecule has 0 bridgehead atoms. The molecule has 0 saturated heterocycles. The van der Waals surface area contributed by atoms with Crippen molar-refractivity contribution in [3.8, 4) is 17.2 Å². The van der Waals surface area contributed by atoms with Crippen molar-refractivity contribution in [2.45, 2.75) is 13.2 Å². The van der Waals surface area contributed by atoms with Gasteiger partial charge in [0.25, 0.3) is 5.91 Å². The van der Waals surface area contributed by atoms with Crippen molar-refractivity contribution >= 4 is 11.9 Å². The van der Waals surface area contributed by atoms with Crippen molar-refractivity contribution in [3.05, 3.63) is 83.8 Å². The fourth-order valence-electron chi connectivity index (χ4n) is 3.09. The molecule has 0 fully saturated rings. The van der Waals surface area contributed by atoms with Gasteiger partial charge in [-0.2, -0.15) is 0 Å². The van der Waals surface area contributed by atoms with E-state index in [0.29, 0.717) is 28.6 Å². The van der Waals surface area contributed by atoms with Crippen LogP contribution in [0.2, 0.25) is 0 Å². The largest absolute Gasteiger partial charge is 0.486 e. The zero-order valence-electron chi connectivity index (χ0n) is 16.7. The molecule has 0 atom stereocenters. The molecular weight excluding hydrogens is 419 g/mol. The fourth-order valence-corrected chi connectivity index (χ4v) is 3.09. The van der Waals surface area contributed by atoms with Crippen LogP contribution < -0.4 is 19.5 Å². The number of hydrogen-bond donors (Lipinski definition) is 1. The van der Waals surface area contributed by atoms with Crippen LogP contribution in [0, 0.1) is 5.82 Å². The molecule has 1 N–H and O–H groups in total. The predicted octanol–water partition coefficient (Wildman–Crippen LogP) is 3.62. The van der Waals surface area contributed by atoms with Crippen LogP contribution in [0.3, 0.4) is 0 Å². The van der Waals surface area contributed by atoms with Gasteiger partial charge < -0.3 is 18.6 Å². The molecule has 0 spiro atoms. The molecule has 0 radical (unpaired) electrons. The van der Waals surface area contributed by atoms with Gasteiger partial charge in [-0.05, 0) is 30.3 Å². The van der Waals surface area contributed by atoms with Gasteiger partial charge in [0.2, 0.25) is 12.7 Å². The molecular formula is C22H17FN4O5. The topological polar surface area (TPSA) is 101 Å². The summed E-state index contributed by atoms with van der Waals surface area (Å²) in [6.07, 6.45) is 1.41. The minimum atomic E-state index is -0.511. The van der Waals surface area contributed by atoms with Gasteiger partial charge in [0.1, 0.15) is 30.3 Å². The standard InChI is InChI=1S/C22H17FN4O5/c23-17-4-2-1-3-14(17)10-27-12-24-22(26-27)25-21(28)19-8-6-16(32-19)11-29-15-5-7-18-20(9-15)31-13-30-18/h1-9,12H,10-11,13H2,(H,25,26,28). The highest BCUT2D eigenvalue weighted by Gasteiger charge is 2.16. The number of benzene rings is 2. The van der Waals surface area contributed by atoms with E-state index < -0.39 is 5.91 Å². The minimum absolute atomic E-state index is 0.0831. The number of rotatable bonds is 7. The third kappa shape index (κ3) is 4.24. The van der Waals surface area contributed by atoms with Gasteiger partial charge in [0, 0.05) is 11.6 Å². The number of ether oxygens (including phenoxy) is 3. The first-order chi connectivity index (χ1) is 15.6. The number of amides is 1. The van der Waals surface area contributed by atoms with E-state index in [1.807, 2.05) is 0 Å². The average Bonchev–Trinajstić information content (AvgIpc) is 3.54. The lowest BCUT2D eigenvalue weighted by Gasteiger charge is -2.05. The monoisotopic (exact) mass is 436 g/mol. The normalized spacial score (nSPS) is 12.0. The van der Waals surface area contributed by atoms with E-state index >= 15 is 0 Å². The summed E-state index contributed by atoms with van der Waals surface area (Å²) in [4.78, 5) is 16.5. The van der Waals surface area contributed by atoms with Crippen molar-refractivity contribution in [1.82, 2.24) is 14.8 Å². The minimum Gasteiger partial charge on any atom is -0.486 e. The lowest BCUT2D eigenvalue weighted by molar-refractivity contribution is 0.0991. The highest BCUT2D eigenvalue weighted by molar-refractivity contribution is 6.01. The second-order valence-electron chi connectivity index (χ2n) is 6.88. The van der Waals surface area contributed by atoms with Gasteiger partial charge in [-0.1, -0.05) is 18.2 Å². The summed E-state index contributed by atoms with van der Waals surface area (Å²) in [5.74, 6) is 1.65. The number of halogens is 1. The van der Waals surface area contributed by atoms with E-state index in [1.54, 1.807) is 42.5 Å². The summed E-state index contributed by atoms with van der Waals surface area (Å²) < 4.78 is 37.0. The van der Waals surface area contributed by atoms with Crippen LogP contribution in [0.15, 0.2) is 65.3 Å². The molecule has 162 valence electrons. The molecule has 3 heterocycles. The Labute approximate surface area is 181 Å². The van der Waals surface area contributed by atoms with Crippen LogP contribution in [-0.4, -0.2) is 27.5 Å². The van der Waals surface area contributed by atoms with E-state index in [9.17, 15) is 9.18 Å². The van der Waals surface area contributed by atoms with Crippen LogP contribution in [0.1, 0.15) is 21.9 Å². The number of nitrogens with zero attached hydrogens (tertiary/aromatic N) is 3. The lowest BCUT2D eigenvalue weighted by Crippen LogP contribution is -2.12. The fraction of sp³-hybridized carbons (Fsp3) is 0.136. The third-order valence-electron chi connectivity index (χ3n) is 4.66. The molecule has 1 aliphatic heterocycles. The Balaban J connectivity index is 1.17. The maximum atomic E-state index is 13.8. The lowest BCUT2D eigenvalue weighted by atomic mass is 10.2. The second-order valence-corrected chi connectivity index (χ2v) is 6.88. The van der Waals surface area contributed by atoms with Crippen LogP contribution in [0.4, 0.5) is 10.3 Å². The maximum absolute atomic E-state index is 13.8. The molecule has 5 rings (SSSR count). The molecule has 0 unspecified atom stereocenters. The highest BCUT2D eigenvalue weighted by atomic mass is 19.1. The first-order valence-electron chi connectivity index (χ1n) is 9.69. The van der Waals surface area contributed by atoms with Gasteiger partial charge in [-0.15, -0.1) is 5.10 Å². The maximum Gasteiger partial charge on any atom is 0.293 e. The van der Waals surface area contributed by atoms with Crippen LogP contribution in [0.25, 0.3) is 0 Å². The highest BCUT2D eigenvalue weighted by Crippen LogP contribution is 2.35. The average molecular weight is 436 g/mol. The van der Waals surface area contributed by atoms with E-state index in [1.165, 1.54) is 23.1 Å². The Morgan fingerprint density at radius 3 is 2.91 bits per heavy atom. The quantitative estimate of drug-likeness (QED) is 0.472. The summed E-state index contributed by atoms with van der Waals surface area (Å²) in [7, 11) is 0. The first kappa shape index (κ1) is 19.6. The van der Waals surface area contributed by atoms with E-state index in [-0.39, 0.29) is 37.5 Å². The molecule has 2 aromatic heterocycles. The van der Waals surface area contributed by atoms with Gasteiger partial charge in [-0.25, -0.2) is 14.1 Å². The molecule has 10 heteroatoms. The zero-order chi connectivity index (χ0) is 21.9. The molecule has 0 saturated carbocycles. The Bertz CT molecular complexity index is 1270. The van der Waals surface area contributed by atoms with E-state index in [2.05, 4.69) is 15.4 Å². The molecule has 1 amide bonds. The number of anilines is 1. The van der Waals surface area contributed by atoms with Crippen molar-refractivity contribution in [2.75, 3.05) is 12.1 Å². The Kier molecular flexibility index (Phi) is 5.16. The van der Waals surface area contributed by atoms with Gasteiger partial charge in [0.15, 0.2) is 17.3 Å². The van der Waals surface area contributed by atoms with Gasteiger partial charge in [-0.3, -0.25) is 10.1 Å². The van der Waals surface area contributed by atoms with Gasteiger partial charge >= 0.3 is 0 Å². The Hall–Kier alpha value is -4.34. The number of nitrogens with one attached hydrogen (secondary N) is 1. The second kappa shape index (κ2) is 8.42. The van der Waals surface area contributed by atoms with Crippen molar-refractivity contribution < 1.29 is 27.8 Å². The van der Waals surface area contributed by atoms with Gasteiger partial charge in [0.05, 0.1) is 6.54 Å². The molecule has 2 aromatic carbocycles.